The highest BCUT2D eigenvalue weighted by Crippen LogP contribution is 2.44. The molecular formula is C11H20N2OS. The van der Waals surface area contributed by atoms with Gasteiger partial charge in [-0.05, 0) is 40.2 Å². The molecule has 2 aliphatic heterocycles. The molecular weight excluding hydrogens is 208 g/mol. The summed E-state index contributed by atoms with van der Waals surface area (Å²) >= 11 is 1.55. The molecule has 0 amide bonds. The minimum absolute atomic E-state index is 0.0353. The lowest BCUT2D eigenvalue weighted by Gasteiger charge is -2.46. The van der Waals surface area contributed by atoms with Crippen molar-refractivity contribution in [3.05, 3.63) is 0 Å². The Morgan fingerprint density at radius 2 is 2.20 bits per heavy atom. The zero-order valence-electron chi connectivity index (χ0n) is 9.80. The zero-order valence-corrected chi connectivity index (χ0v) is 10.6. The lowest BCUT2D eigenvalue weighted by molar-refractivity contribution is -0.112. The van der Waals surface area contributed by atoms with Crippen molar-refractivity contribution in [3.8, 4) is 0 Å². The molecule has 0 saturated carbocycles. The number of hydrogen-bond donors (Lipinski definition) is 1. The average molecular weight is 228 g/mol. The van der Waals surface area contributed by atoms with Crippen molar-refractivity contribution in [1.29, 1.82) is 0 Å². The molecule has 0 aromatic heterocycles. The lowest BCUT2D eigenvalue weighted by Crippen LogP contribution is -2.58. The standard InChI is InChI=1S/C11H20N2OS/c1-10(2,3)13-7-9(14)15-11(13)5-4-6-12-8-11/h12H,4-8H2,1-3H3. The van der Waals surface area contributed by atoms with E-state index in [0.717, 1.165) is 19.5 Å². The maximum atomic E-state index is 11.7. The number of carbonyl (C=O) groups is 1. The highest BCUT2D eigenvalue weighted by molar-refractivity contribution is 8.15. The molecule has 2 aliphatic rings. The van der Waals surface area contributed by atoms with E-state index in [9.17, 15) is 4.79 Å². The van der Waals surface area contributed by atoms with Crippen molar-refractivity contribution < 1.29 is 4.79 Å². The highest BCUT2D eigenvalue weighted by Gasteiger charge is 2.50. The van der Waals surface area contributed by atoms with Crippen molar-refractivity contribution in [1.82, 2.24) is 10.2 Å². The first-order chi connectivity index (χ1) is 6.94. The Bertz CT molecular complexity index is 266. The van der Waals surface area contributed by atoms with Crippen LogP contribution in [0.2, 0.25) is 0 Å². The van der Waals surface area contributed by atoms with Crippen molar-refractivity contribution in [2.45, 2.75) is 44.0 Å². The molecule has 4 heteroatoms. The third kappa shape index (κ3) is 2.08. The number of piperidine rings is 1. The Labute approximate surface area is 96.0 Å². The van der Waals surface area contributed by atoms with Crippen LogP contribution in [0.5, 0.6) is 0 Å². The van der Waals surface area contributed by atoms with Crippen LogP contribution >= 0.6 is 11.8 Å². The van der Waals surface area contributed by atoms with Gasteiger partial charge in [0, 0.05) is 12.1 Å². The molecule has 2 heterocycles. The van der Waals surface area contributed by atoms with Crippen LogP contribution in [0.1, 0.15) is 33.6 Å². The first-order valence-corrected chi connectivity index (χ1v) is 6.46. The summed E-state index contributed by atoms with van der Waals surface area (Å²) in [6.45, 7) is 9.23. The maximum absolute atomic E-state index is 11.7. The molecule has 1 spiro atoms. The molecule has 0 aromatic rings. The number of hydrogen-bond acceptors (Lipinski definition) is 4. The van der Waals surface area contributed by atoms with Crippen LogP contribution in [0.4, 0.5) is 0 Å². The van der Waals surface area contributed by atoms with E-state index in [1.54, 1.807) is 11.8 Å². The Morgan fingerprint density at radius 3 is 2.73 bits per heavy atom. The summed E-state index contributed by atoms with van der Waals surface area (Å²) in [4.78, 5) is 14.1. The van der Waals surface area contributed by atoms with E-state index < -0.39 is 0 Å². The van der Waals surface area contributed by atoms with E-state index >= 15 is 0 Å². The van der Waals surface area contributed by atoms with Gasteiger partial charge in [0.15, 0.2) is 0 Å². The van der Waals surface area contributed by atoms with Crippen molar-refractivity contribution in [2.75, 3.05) is 19.6 Å². The quantitative estimate of drug-likeness (QED) is 0.680. The van der Waals surface area contributed by atoms with Gasteiger partial charge >= 0.3 is 0 Å². The molecule has 2 rings (SSSR count). The van der Waals surface area contributed by atoms with Crippen LogP contribution in [0.25, 0.3) is 0 Å². The molecule has 15 heavy (non-hydrogen) atoms. The summed E-state index contributed by atoms with van der Waals surface area (Å²) in [5.74, 6) is 0. The maximum Gasteiger partial charge on any atom is 0.204 e. The second-order valence-corrected chi connectivity index (χ2v) is 6.88. The summed E-state index contributed by atoms with van der Waals surface area (Å²) in [6.07, 6.45) is 2.31. The highest BCUT2D eigenvalue weighted by atomic mass is 32.2. The predicted octanol–water partition coefficient (Wildman–Crippen LogP) is 1.44. The van der Waals surface area contributed by atoms with Gasteiger partial charge in [0.2, 0.25) is 5.12 Å². The summed E-state index contributed by atoms with van der Waals surface area (Å²) in [6, 6.07) is 0. The van der Waals surface area contributed by atoms with Gasteiger partial charge in [-0.15, -0.1) is 0 Å². The van der Waals surface area contributed by atoms with Gasteiger partial charge < -0.3 is 5.32 Å². The SMILES string of the molecule is CC(C)(C)N1CC(=O)SC12CCCNC2. The Balaban J connectivity index is 2.24. The molecule has 86 valence electrons. The van der Waals surface area contributed by atoms with E-state index in [-0.39, 0.29) is 10.4 Å². The molecule has 0 aromatic carbocycles. The largest absolute Gasteiger partial charge is 0.314 e. The Morgan fingerprint density at radius 1 is 1.47 bits per heavy atom. The van der Waals surface area contributed by atoms with E-state index in [2.05, 4.69) is 31.0 Å². The molecule has 1 unspecified atom stereocenters. The molecule has 0 aliphatic carbocycles. The van der Waals surface area contributed by atoms with Crippen molar-refractivity contribution >= 4 is 16.9 Å². The van der Waals surface area contributed by atoms with E-state index in [0.29, 0.717) is 11.7 Å². The number of rotatable bonds is 0. The number of nitrogens with one attached hydrogen (secondary N) is 1. The van der Waals surface area contributed by atoms with E-state index in [1.165, 1.54) is 6.42 Å². The minimum atomic E-state index is 0.0353. The van der Waals surface area contributed by atoms with Crippen molar-refractivity contribution in [3.63, 3.8) is 0 Å². The smallest absolute Gasteiger partial charge is 0.204 e. The molecule has 0 radical (unpaired) electrons. The molecule has 1 N–H and O–H groups in total. The van der Waals surface area contributed by atoms with Gasteiger partial charge in [0.25, 0.3) is 0 Å². The fourth-order valence-corrected chi connectivity index (χ4v) is 4.09. The van der Waals surface area contributed by atoms with Gasteiger partial charge in [-0.1, -0.05) is 11.8 Å². The summed E-state index contributed by atoms with van der Waals surface area (Å²) in [7, 11) is 0. The van der Waals surface area contributed by atoms with Crippen LogP contribution < -0.4 is 5.32 Å². The van der Waals surface area contributed by atoms with Gasteiger partial charge in [-0.2, -0.15) is 0 Å². The molecule has 1 atom stereocenters. The third-order valence-corrected chi connectivity index (χ3v) is 4.52. The zero-order chi connectivity index (χ0) is 11.1. The second-order valence-electron chi connectivity index (χ2n) is 5.46. The second kappa shape index (κ2) is 3.75. The Kier molecular flexibility index (Phi) is 2.86. The lowest BCUT2D eigenvalue weighted by atomic mass is 9.97. The van der Waals surface area contributed by atoms with Crippen LogP contribution in [-0.2, 0) is 4.79 Å². The van der Waals surface area contributed by atoms with Crippen LogP contribution in [0, 0.1) is 0 Å². The first kappa shape index (κ1) is 11.4. The van der Waals surface area contributed by atoms with Gasteiger partial charge in [-0.3, -0.25) is 9.69 Å². The average Bonchev–Trinajstić information content (AvgIpc) is 2.43. The number of thioether (sulfide) groups is 1. The van der Waals surface area contributed by atoms with Gasteiger partial charge in [0.1, 0.15) is 0 Å². The number of nitrogens with zero attached hydrogens (tertiary/aromatic N) is 1. The molecule has 2 saturated heterocycles. The predicted molar refractivity (Wildman–Crippen MR) is 63.9 cm³/mol. The first-order valence-electron chi connectivity index (χ1n) is 5.64. The van der Waals surface area contributed by atoms with Crippen LogP contribution in [0.15, 0.2) is 0 Å². The fourth-order valence-electron chi connectivity index (χ4n) is 2.60. The van der Waals surface area contributed by atoms with Gasteiger partial charge in [-0.25, -0.2) is 0 Å². The van der Waals surface area contributed by atoms with Crippen LogP contribution in [-0.4, -0.2) is 40.1 Å². The van der Waals surface area contributed by atoms with E-state index in [4.69, 9.17) is 0 Å². The molecule has 3 nitrogen and oxygen atoms in total. The van der Waals surface area contributed by atoms with Crippen molar-refractivity contribution in [2.24, 2.45) is 0 Å². The fraction of sp³-hybridized carbons (Fsp3) is 0.909. The van der Waals surface area contributed by atoms with E-state index in [1.807, 2.05) is 0 Å². The summed E-state index contributed by atoms with van der Waals surface area (Å²) in [5, 5.41) is 3.75. The third-order valence-electron chi connectivity index (χ3n) is 3.21. The topological polar surface area (TPSA) is 32.3 Å². The monoisotopic (exact) mass is 228 g/mol. The normalized spacial score (nSPS) is 33.9. The summed E-state index contributed by atoms with van der Waals surface area (Å²) in [5.41, 5.74) is 0.0815. The van der Waals surface area contributed by atoms with Crippen LogP contribution in [0.3, 0.4) is 0 Å². The van der Waals surface area contributed by atoms with Gasteiger partial charge in [0.05, 0.1) is 11.4 Å². The Hall–Kier alpha value is -0.0600. The molecule has 2 fully saturated rings. The minimum Gasteiger partial charge on any atom is -0.314 e. The number of carbonyl (C=O) groups excluding carboxylic acids is 1. The molecule has 0 bridgehead atoms. The summed E-state index contributed by atoms with van der Waals surface area (Å²) < 4.78 is 0.